The van der Waals surface area contributed by atoms with Crippen LogP contribution in [0.2, 0.25) is 0 Å². The quantitative estimate of drug-likeness (QED) is 0.819. The minimum atomic E-state index is -0.344. The highest BCUT2D eigenvalue weighted by Crippen LogP contribution is 2.11. The van der Waals surface area contributed by atoms with Crippen LogP contribution in [0.4, 0.5) is 11.6 Å². The summed E-state index contributed by atoms with van der Waals surface area (Å²) in [6.07, 6.45) is 5.89. The lowest BCUT2D eigenvalue weighted by Gasteiger charge is -2.19. The van der Waals surface area contributed by atoms with E-state index < -0.39 is 0 Å². The van der Waals surface area contributed by atoms with Crippen molar-refractivity contribution in [3.63, 3.8) is 0 Å². The molecule has 1 saturated heterocycles. The van der Waals surface area contributed by atoms with Crippen molar-refractivity contribution < 1.29 is 9.59 Å². The molecule has 1 aliphatic heterocycles. The van der Waals surface area contributed by atoms with Gasteiger partial charge in [0.25, 0.3) is 5.91 Å². The Morgan fingerprint density at radius 3 is 2.64 bits per heavy atom. The largest absolute Gasteiger partial charge is 0.399 e. The molecule has 8 heteroatoms. The van der Waals surface area contributed by atoms with E-state index >= 15 is 0 Å². The fourth-order valence-electron chi connectivity index (χ4n) is 2.84. The number of carbonyl (C=O) groups excluding carboxylic acids is 2. The number of nitrogen functional groups attached to an aromatic ring is 1. The van der Waals surface area contributed by atoms with Crippen molar-refractivity contribution >= 4 is 23.5 Å². The van der Waals surface area contributed by atoms with Gasteiger partial charge < -0.3 is 10.6 Å². The van der Waals surface area contributed by atoms with Crippen LogP contribution >= 0.6 is 0 Å². The van der Waals surface area contributed by atoms with Crippen LogP contribution in [0, 0.1) is 0 Å². The first-order valence-electron chi connectivity index (χ1n) is 8.46. The number of benzene rings is 1. The Balaban J connectivity index is 1.58. The Hall–Kier alpha value is -2.90. The Morgan fingerprint density at radius 1 is 1.16 bits per heavy atom. The fourth-order valence-corrected chi connectivity index (χ4v) is 2.84. The molecule has 3 rings (SSSR count). The van der Waals surface area contributed by atoms with E-state index in [2.05, 4.69) is 15.4 Å². The molecular weight excluding hydrogens is 320 g/mol. The van der Waals surface area contributed by atoms with E-state index in [-0.39, 0.29) is 24.3 Å². The molecule has 0 radical (unpaired) electrons. The molecule has 0 unspecified atom stereocenters. The third-order valence-corrected chi connectivity index (χ3v) is 4.17. The summed E-state index contributed by atoms with van der Waals surface area (Å²) in [5.41, 5.74) is 6.61. The number of hydrogen-bond donors (Lipinski definition) is 2. The van der Waals surface area contributed by atoms with Crippen molar-refractivity contribution in [2.75, 3.05) is 24.1 Å². The molecule has 0 atom stereocenters. The molecular formula is C17H22N6O2. The molecule has 3 N–H and O–H groups in total. The zero-order chi connectivity index (χ0) is 17.6. The first-order chi connectivity index (χ1) is 12.1. The van der Waals surface area contributed by atoms with E-state index in [1.807, 2.05) is 4.90 Å². The Kier molecular flexibility index (Phi) is 5.27. The van der Waals surface area contributed by atoms with Crippen LogP contribution in [-0.4, -0.2) is 44.6 Å². The van der Waals surface area contributed by atoms with Gasteiger partial charge in [-0.1, -0.05) is 18.9 Å². The van der Waals surface area contributed by atoms with Gasteiger partial charge in [-0.3, -0.25) is 14.9 Å². The Morgan fingerprint density at radius 2 is 1.92 bits per heavy atom. The molecule has 0 bridgehead atoms. The van der Waals surface area contributed by atoms with Crippen molar-refractivity contribution in [3.8, 4) is 0 Å². The number of amides is 2. The van der Waals surface area contributed by atoms with Crippen molar-refractivity contribution in [2.45, 2.75) is 32.2 Å². The topological polar surface area (TPSA) is 106 Å². The number of nitrogens with zero attached hydrogens (tertiary/aromatic N) is 4. The number of anilines is 2. The zero-order valence-corrected chi connectivity index (χ0v) is 14.0. The molecule has 1 aromatic carbocycles. The predicted octanol–water partition coefficient (Wildman–Crippen LogP) is 1.52. The molecule has 132 valence electrons. The molecule has 1 aliphatic rings. The summed E-state index contributed by atoms with van der Waals surface area (Å²) < 4.78 is 1.45. The molecule has 8 nitrogen and oxygen atoms in total. The van der Waals surface area contributed by atoms with Gasteiger partial charge in [0.2, 0.25) is 11.9 Å². The molecule has 2 heterocycles. The first kappa shape index (κ1) is 16.9. The number of carbonyl (C=O) groups is 2. The highest BCUT2D eigenvalue weighted by Gasteiger charge is 2.17. The van der Waals surface area contributed by atoms with Crippen molar-refractivity contribution in [3.05, 3.63) is 36.2 Å². The molecule has 0 saturated carbocycles. The second kappa shape index (κ2) is 7.78. The van der Waals surface area contributed by atoms with E-state index in [1.165, 1.54) is 23.9 Å². The van der Waals surface area contributed by atoms with Crippen LogP contribution in [0.15, 0.2) is 30.6 Å². The minimum absolute atomic E-state index is 0.0282. The lowest BCUT2D eigenvalue weighted by atomic mass is 10.2. The maximum absolute atomic E-state index is 12.3. The zero-order valence-electron chi connectivity index (χ0n) is 14.0. The van der Waals surface area contributed by atoms with Crippen LogP contribution in [0.25, 0.3) is 0 Å². The van der Waals surface area contributed by atoms with Crippen LogP contribution in [-0.2, 0) is 11.3 Å². The van der Waals surface area contributed by atoms with Crippen LogP contribution < -0.4 is 11.1 Å². The molecule has 0 aliphatic carbocycles. The van der Waals surface area contributed by atoms with E-state index in [0.717, 1.165) is 25.9 Å². The summed E-state index contributed by atoms with van der Waals surface area (Å²) >= 11 is 0. The third-order valence-electron chi connectivity index (χ3n) is 4.17. The van der Waals surface area contributed by atoms with Gasteiger partial charge in [0.15, 0.2) is 0 Å². The van der Waals surface area contributed by atoms with Gasteiger partial charge in [-0.05, 0) is 31.0 Å². The Bertz CT molecular complexity index is 749. The minimum Gasteiger partial charge on any atom is -0.399 e. The summed E-state index contributed by atoms with van der Waals surface area (Å²) in [4.78, 5) is 30.4. The number of aromatic nitrogens is 3. The maximum Gasteiger partial charge on any atom is 0.258 e. The van der Waals surface area contributed by atoms with Crippen LogP contribution in [0.5, 0.6) is 0 Å². The predicted molar refractivity (Wildman–Crippen MR) is 93.9 cm³/mol. The first-order valence-corrected chi connectivity index (χ1v) is 8.46. The highest BCUT2D eigenvalue weighted by atomic mass is 16.2. The number of hydrogen-bond acceptors (Lipinski definition) is 5. The highest BCUT2D eigenvalue weighted by molar-refractivity contribution is 6.03. The van der Waals surface area contributed by atoms with E-state index in [0.29, 0.717) is 11.3 Å². The van der Waals surface area contributed by atoms with Crippen molar-refractivity contribution in [2.24, 2.45) is 0 Å². The summed E-state index contributed by atoms with van der Waals surface area (Å²) in [5.74, 6) is -0.152. The number of rotatable bonds is 4. The summed E-state index contributed by atoms with van der Waals surface area (Å²) in [6, 6.07) is 6.65. The number of nitrogens with two attached hydrogens (primary N) is 1. The average molecular weight is 342 g/mol. The summed E-state index contributed by atoms with van der Waals surface area (Å²) in [6.45, 7) is 1.72. The van der Waals surface area contributed by atoms with Gasteiger partial charge in [-0.25, -0.2) is 9.67 Å². The van der Waals surface area contributed by atoms with E-state index in [4.69, 9.17) is 5.73 Å². The van der Waals surface area contributed by atoms with Crippen LogP contribution in [0.3, 0.4) is 0 Å². The standard InChI is InChI=1S/C17H22N6O2/c18-14-7-5-6-13(10-14)16(25)20-17-19-12-23(21-17)11-15(24)22-8-3-1-2-4-9-22/h5-7,10,12H,1-4,8-9,11,18H2,(H,20,21,25). The molecule has 2 amide bonds. The lowest BCUT2D eigenvalue weighted by Crippen LogP contribution is -2.34. The normalized spacial score (nSPS) is 14.8. The van der Waals surface area contributed by atoms with Gasteiger partial charge in [-0.15, -0.1) is 5.10 Å². The Labute approximate surface area is 146 Å². The summed E-state index contributed by atoms with van der Waals surface area (Å²) in [5, 5.41) is 6.76. The summed E-state index contributed by atoms with van der Waals surface area (Å²) in [7, 11) is 0. The smallest absolute Gasteiger partial charge is 0.258 e. The maximum atomic E-state index is 12.3. The van der Waals surface area contributed by atoms with Gasteiger partial charge in [0.05, 0.1) is 0 Å². The number of likely N-dealkylation sites (tertiary alicyclic amines) is 1. The molecule has 1 aromatic heterocycles. The van der Waals surface area contributed by atoms with Crippen molar-refractivity contribution in [1.82, 2.24) is 19.7 Å². The second-order valence-corrected chi connectivity index (χ2v) is 6.14. The van der Waals surface area contributed by atoms with Gasteiger partial charge in [0.1, 0.15) is 12.9 Å². The number of nitrogens with one attached hydrogen (secondary N) is 1. The van der Waals surface area contributed by atoms with Crippen molar-refractivity contribution in [1.29, 1.82) is 0 Å². The SMILES string of the molecule is Nc1cccc(C(=O)Nc2ncn(CC(=O)N3CCCCCC3)n2)c1. The van der Waals surface area contributed by atoms with Gasteiger partial charge in [-0.2, -0.15) is 0 Å². The van der Waals surface area contributed by atoms with Crippen LogP contribution in [0.1, 0.15) is 36.0 Å². The van der Waals surface area contributed by atoms with E-state index in [1.54, 1.807) is 24.3 Å². The monoisotopic (exact) mass is 342 g/mol. The lowest BCUT2D eigenvalue weighted by molar-refractivity contribution is -0.132. The average Bonchev–Trinajstić information content (AvgIpc) is 2.85. The third kappa shape index (κ3) is 4.56. The second-order valence-electron chi connectivity index (χ2n) is 6.14. The fraction of sp³-hybridized carbons (Fsp3) is 0.412. The molecule has 0 spiro atoms. The molecule has 2 aromatic rings. The molecule has 25 heavy (non-hydrogen) atoms. The molecule has 1 fully saturated rings. The van der Waals surface area contributed by atoms with E-state index in [9.17, 15) is 9.59 Å². The van der Waals surface area contributed by atoms with Gasteiger partial charge >= 0.3 is 0 Å². The van der Waals surface area contributed by atoms with Gasteiger partial charge in [0, 0.05) is 24.3 Å².